The number of nitrogens with zero attached hydrogens (tertiary/aromatic N) is 3. The van der Waals surface area contributed by atoms with Gasteiger partial charge in [0.1, 0.15) is 0 Å². The first-order chi connectivity index (χ1) is 11.4. The van der Waals surface area contributed by atoms with Crippen LogP contribution in [0.25, 0.3) is 0 Å². The number of nitrogens with one attached hydrogen (secondary N) is 1. The summed E-state index contributed by atoms with van der Waals surface area (Å²) in [4.78, 5) is 12.2. The number of benzene rings is 1. The molecule has 6 heteroatoms. The van der Waals surface area contributed by atoms with E-state index in [9.17, 15) is 9.90 Å². The standard InChI is InChI=1S/C18H26N4O2/c1-14(2)9-10-18(3,24)13-19-17(23)16-12-22(21-20-16)11-15-7-5-4-6-8-15/h4-8,12,14,24H,9-11,13H2,1-3H3,(H,19,23). The number of rotatable bonds is 8. The molecule has 24 heavy (non-hydrogen) atoms. The molecule has 1 amide bonds. The smallest absolute Gasteiger partial charge is 0.273 e. The predicted molar refractivity (Wildman–Crippen MR) is 92.6 cm³/mol. The van der Waals surface area contributed by atoms with Crippen LogP contribution in [-0.4, -0.2) is 38.2 Å². The van der Waals surface area contributed by atoms with Crippen LogP contribution in [0.2, 0.25) is 0 Å². The monoisotopic (exact) mass is 330 g/mol. The summed E-state index contributed by atoms with van der Waals surface area (Å²) < 4.78 is 1.63. The van der Waals surface area contributed by atoms with Crippen LogP contribution < -0.4 is 5.32 Å². The van der Waals surface area contributed by atoms with Gasteiger partial charge in [-0.1, -0.05) is 49.4 Å². The minimum Gasteiger partial charge on any atom is -0.388 e. The van der Waals surface area contributed by atoms with Crippen molar-refractivity contribution < 1.29 is 9.90 Å². The number of aromatic nitrogens is 3. The van der Waals surface area contributed by atoms with Crippen LogP contribution in [0.15, 0.2) is 36.5 Å². The van der Waals surface area contributed by atoms with Crippen molar-refractivity contribution in [2.45, 2.75) is 45.8 Å². The van der Waals surface area contributed by atoms with Crippen LogP contribution in [0.5, 0.6) is 0 Å². The molecule has 2 rings (SSSR count). The Morgan fingerprint density at radius 2 is 2.04 bits per heavy atom. The van der Waals surface area contributed by atoms with Crippen LogP contribution in [-0.2, 0) is 6.54 Å². The van der Waals surface area contributed by atoms with E-state index in [0.717, 1.165) is 12.0 Å². The third kappa shape index (κ3) is 5.77. The second kappa shape index (κ2) is 8.06. The summed E-state index contributed by atoms with van der Waals surface area (Å²) in [7, 11) is 0. The van der Waals surface area contributed by atoms with Crippen LogP contribution in [0, 0.1) is 5.92 Å². The van der Waals surface area contributed by atoms with Gasteiger partial charge in [-0.05, 0) is 31.2 Å². The van der Waals surface area contributed by atoms with Gasteiger partial charge in [-0.3, -0.25) is 4.79 Å². The Hall–Kier alpha value is -2.21. The highest BCUT2D eigenvalue weighted by Crippen LogP contribution is 2.15. The SMILES string of the molecule is CC(C)CCC(C)(O)CNC(=O)c1cn(Cc2ccccc2)nn1. The molecular formula is C18H26N4O2. The number of carbonyl (C=O) groups excluding carboxylic acids is 1. The number of amides is 1. The van der Waals surface area contributed by atoms with E-state index in [-0.39, 0.29) is 18.1 Å². The summed E-state index contributed by atoms with van der Waals surface area (Å²) >= 11 is 0. The highest BCUT2D eigenvalue weighted by Gasteiger charge is 2.22. The van der Waals surface area contributed by atoms with Gasteiger partial charge in [0.25, 0.3) is 5.91 Å². The second-order valence-corrected chi connectivity index (χ2v) is 6.90. The van der Waals surface area contributed by atoms with E-state index in [1.54, 1.807) is 17.8 Å². The summed E-state index contributed by atoms with van der Waals surface area (Å²) in [5.74, 6) is 0.198. The van der Waals surface area contributed by atoms with E-state index >= 15 is 0 Å². The first kappa shape index (κ1) is 18.1. The molecule has 1 aromatic carbocycles. The molecule has 2 N–H and O–H groups in total. The van der Waals surface area contributed by atoms with Crippen LogP contribution in [0.1, 0.15) is 49.7 Å². The van der Waals surface area contributed by atoms with Crippen molar-refractivity contribution in [1.29, 1.82) is 0 Å². The summed E-state index contributed by atoms with van der Waals surface area (Å²) in [5.41, 5.74) is 0.427. The summed E-state index contributed by atoms with van der Waals surface area (Å²) in [6, 6.07) is 9.85. The Morgan fingerprint density at radius 1 is 1.33 bits per heavy atom. The topological polar surface area (TPSA) is 80.0 Å². The molecule has 0 saturated carbocycles. The Balaban J connectivity index is 1.87. The zero-order valence-corrected chi connectivity index (χ0v) is 14.6. The number of carbonyl (C=O) groups is 1. The molecule has 6 nitrogen and oxygen atoms in total. The highest BCUT2D eigenvalue weighted by molar-refractivity contribution is 5.91. The maximum absolute atomic E-state index is 12.2. The molecule has 0 bridgehead atoms. The van der Waals surface area contributed by atoms with E-state index in [1.807, 2.05) is 30.3 Å². The lowest BCUT2D eigenvalue weighted by Gasteiger charge is -2.24. The van der Waals surface area contributed by atoms with Crippen molar-refractivity contribution in [2.75, 3.05) is 6.54 Å². The molecule has 0 radical (unpaired) electrons. The predicted octanol–water partition coefficient (Wildman–Crippen LogP) is 2.24. The molecule has 1 aromatic heterocycles. The Morgan fingerprint density at radius 3 is 2.71 bits per heavy atom. The quantitative estimate of drug-likeness (QED) is 0.778. The van der Waals surface area contributed by atoms with E-state index in [2.05, 4.69) is 29.5 Å². The van der Waals surface area contributed by atoms with Crippen molar-refractivity contribution in [3.8, 4) is 0 Å². The van der Waals surface area contributed by atoms with Gasteiger partial charge < -0.3 is 10.4 Å². The number of aliphatic hydroxyl groups is 1. The molecule has 1 unspecified atom stereocenters. The zero-order valence-electron chi connectivity index (χ0n) is 14.6. The van der Waals surface area contributed by atoms with Crippen molar-refractivity contribution in [3.63, 3.8) is 0 Å². The molecule has 0 saturated heterocycles. The molecule has 0 aliphatic carbocycles. The van der Waals surface area contributed by atoms with Crippen molar-refractivity contribution in [1.82, 2.24) is 20.3 Å². The largest absolute Gasteiger partial charge is 0.388 e. The number of hydrogen-bond acceptors (Lipinski definition) is 4. The normalized spacial score (nSPS) is 13.7. The zero-order chi connectivity index (χ0) is 17.6. The van der Waals surface area contributed by atoms with E-state index in [4.69, 9.17) is 0 Å². The molecular weight excluding hydrogens is 304 g/mol. The van der Waals surface area contributed by atoms with Crippen LogP contribution in [0.4, 0.5) is 0 Å². The second-order valence-electron chi connectivity index (χ2n) is 6.90. The van der Waals surface area contributed by atoms with Gasteiger partial charge in [0.15, 0.2) is 5.69 Å². The molecule has 0 fully saturated rings. The fourth-order valence-corrected chi connectivity index (χ4v) is 2.30. The molecule has 0 aliphatic heterocycles. The van der Waals surface area contributed by atoms with Gasteiger partial charge in [-0.2, -0.15) is 0 Å². The lowest BCUT2D eigenvalue weighted by Crippen LogP contribution is -2.40. The minimum atomic E-state index is -0.917. The van der Waals surface area contributed by atoms with E-state index in [1.165, 1.54) is 0 Å². The minimum absolute atomic E-state index is 0.199. The van der Waals surface area contributed by atoms with Crippen LogP contribution >= 0.6 is 0 Å². The lowest BCUT2D eigenvalue weighted by atomic mass is 9.95. The third-order valence-corrected chi connectivity index (χ3v) is 3.85. The molecule has 1 atom stereocenters. The van der Waals surface area contributed by atoms with Crippen molar-refractivity contribution in [3.05, 3.63) is 47.8 Å². The highest BCUT2D eigenvalue weighted by atomic mass is 16.3. The first-order valence-electron chi connectivity index (χ1n) is 8.30. The van der Waals surface area contributed by atoms with E-state index in [0.29, 0.717) is 18.9 Å². The molecule has 2 aromatic rings. The average molecular weight is 330 g/mol. The van der Waals surface area contributed by atoms with Gasteiger partial charge in [0, 0.05) is 6.54 Å². The van der Waals surface area contributed by atoms with Crippen molar-refractivity contribution >= 4 is 5.91 Å². The maximum atomic E-state index is 12.2. The number of hydrogen-bond donors (Lipinski definition) is 2. The molecule has 0 aliphatic rings. The summed E-state index contributed by atoms with van der Waals surface area (Å²) in [5, 5.41) is 20.9. The Kier molecular flexibility index (Phi) is 6.09. The average Bonchev–Trinajstić information content (AvgIpc) is 3.00. The summed E-state index contributed by atoms with van der Waals surface area (Å²) in [6.07, 6.45) is 3.17. The summed E-state index contributed by atoms with van der Waals surface area (Å²) in [6.45, 7) is 6.72. The molecule has 1 heterocycles. The fraction of sp³-hybridized carbons (Fsp3) is 0.500. The van der Waals surface area contributed by atoms with Crippen LogP contribution in [0.3, 0.4) is 0 Å². The van der Waals surface area contributed by atoms with Gasteiger partial charge in [0.05, 0.1) is 18.3 Å². The van der Waals surface area contributed by atoms with E-state index < -0.39 is 5.60 Å². The van der Waals surface area contributed by atoms with Gasteiger partial charge in [-0.25, -0.2) is 4.68 Å². The van der Waals surface area contributed by atoms with Gasteiger partial charge >= 0.3 is 0 Å². The third-order valence-electron chi connectivity index (χ3n) is 3.85. The van der Waals surface area contributed by atoms with Gasteiger partial charge in [-0.15, -0.1) is 5.10 Å². The maximum Gasteiger partial charge on any atom is 0.273 e. The lowest BCUT2D eigenvalue weighted by molar-refractivity contribution is 0.0428. The molecule has 130 valence electrons. The Labute approximate surface area is 142 Å². The first-order valence-corrected chi connectivity index (χ1v) is 8.30. The fourth-order valence-electron chi connectivity index (χ4n) is 2.30. The van der Waals surface area contributed by atoms with Crippen molar-refractivity contribution in [2.24, 2.45) is 5.92 Å². The Bertz CT molecular complexity index is 650. The molecule has 0 spiro atoms. The van der Waals surface area contributed by atoms with Gasteiger partial charge in [0.2, 0.25) is 0 Å².